The number of hydrogen-bond acceptors (Lipinski definition) is 6. The molecule has 1 aromatic carbocycles. The fourth-order valence-corrected chi connectivity index (χ4v) is 5.76. The van der Waals surface area contributed by atoms with Gasteiger partial charge in [-0.05, 0) is 12.1 Å². The van der Waals surface area contributed by atoms with Gasteiger partial charge in [-0.25, -0.2) is 12.8 Å². The number of rotatable bonds is 3. The predicted molar refractivity (Wildman–Crippen MR) is 93.7 cm³/mol. The predicted octanol–water partition coefficient (Wildman–Crippen LogP) is 0.989. The molecule has 2 heterocycles. The second-order valence-electron chi connectivity index (χ2n) is 6.02. The van der Waals surface area contributed by atoms with Crippen molar-refractivity contribution in [1.82, 2.24) is 4.90 Å². The molecule has 1 saturated heterocycles. The maximum Gasteiger partial charge on any atom is 0.232 e. The molecule has 0 bridgehead atoms. The summed E-state index contributed by atoms with van der Waals surface area (Å²) in [5.74, 6) is -0.436. The summed E-state index contributed by atoms with van der Waals surface area (Å²) in [4.78, 5) is 19.4. The molecule has 9 heteroatoms. The van der Waals surface area contributed by atoms with E-state index in [1.165, 1.54) is 22.7 Å². The molecule has 130 valence electrons. The third-order valence-electron chi connectivity index (χ3n) is 4.04. The Morgan fingerprint density at radius 1 is 1.38 bits per heavy atom. The van der Waals surface area contributed by atoms with Crippen LogP contribution in [0.5, 0.6) is 0 Å². The first-order valence-electron chi connectivity index (χ1n) is 7.43. The van der Waals surface area contributed by atoms with Gasteiger partial charge in [0, 0.05) is 14.1 Å². The van der Waals surface area contributed by atoms with E-state index in [0.717, 1.165) is 0 Å². The molecule has 0 aromatic heterocycles. The molecule has 0 aliphatic carbocycles. The molecule has 2 aliphatic heterocycles. The first-order valence-corrected chi connectivity index (χ1v) is 10.2. The topological polar surface area (TPSA) is 70.0 Å². The number of anilines is 1. The van der Waals surface area contributed by atoms with Gasteiger partial charge in [-0.1, -0.05) is 23.9 Å². The lowest BCUT2D eigenvalue weighted by molar-refractivity contribution is -0.125. The van der Waals surface area contributed by atoms with E-state index >= 15 is 0 Å². The van der Waals surface area contributed by atoms with E-state index < -0.39 is 27.7 Å². The second kappa shape index (κ2) is 6.36. The van der Waals surface area contributed by atoms with Crippen molar-refractivity contribution in [3.63, 3.8) is 0 Å². The van der Waals surface area contributed by atoms with Crippen LogP contribution in [0.15, 0.2) is 29.3 Å². The van der Waals surface area contributed by atoms with Crippen molar-refractivity contribution < 1.29 is 17.6 Å². The highest BCUT2D eigenvalue weighted by Gasteiger charge is 2.47. The SMILES string of the molecule is CN(C)C(=O)CSC1=N[C@H]2CS(=O)(=O)C[C@H]2N1c1ccccc1F. The minimum absolute atomic E-state index is 0.0334. The largest absolute Gasteiger partial charge is 0.348 e. The monoisotopic (exact) mass is 371 g/mol. The van der Waals surface area contributed by atoms with Gasteiger partial charge < -0.3 is 9.80 Å². The Balaban J connectivity index is 1.91. The molecular formula is C15H18FN3O3S2. The highest BCUT2D eigenvalue weighted by molar-refractivity contribution is 8.14. The van der Waals surface area contributed by atoms with Crippen LogP contribution in [-0.4, -0.2) is 67.8 Å². The molecule has 1 amide bonds. The van der Waals surface area contributed by atoms with E-state index in [1.54, 1.807) is 37.2 Å². The third kappa shape index (κ3) is 3.27. The molecule has 0 spiro atoms. The summed E-state index contributed by atoms with van der Waals surface area (Å²) in [6, 6.07) is 5.39. The van der Waals surface area contributed by atoms with E-state index in [4.69, 9.17) is 0 Å². The summed E-state index contributed by atoms with van der Waals surface area (Å²) in [7, 11) is 0.141. The molecule has 1 fully saturated rings. The Morgan fingerprint density at radius 2 is 2.08 bits per heavy atom. The number of benzene rings is 1. The van der Waals surface area contributed by atoms with Crippen LogP contribution in [0.25, 0.3) is 0 Å². The van der Waals surface area contributed by atoms with Crippen molar-refractivity contribution in [2.45, 2.75) is 12.1 Å². The molecular weight excluding hydrogens is 353 g/mol. The van der Waals surface area contributed by atoms with E-state index in [-0.39, 0.29) is 23.2 Å². The molecule has 2 atom stereocenters. The number of carbonyl (C=O) groups is 1. The Morgan fingerprint density at radius 3 is 2.75 bits per heavy atom. The number of halogens is 1. The van der Waals surface area contributed by atoms with Crippen molar-refractivity contribution >= 4 is 38.4 Å². The van der Waals surface area contributed by atoms with E-state index in [2.05, 4.69) is 4.99 Å². The Kier molecular flexibility index (Phi) is 4.56. The van der Waals surface area contributed by atoms with Gasteiger partial charge in [0.25, 0.3) is 0 Å². The number of para-hydroxylation sites is 1. The molecule has 0 unspecified atom stereocenters. The summed E-state index contributed by atoms with van der Waals surface area (Å²) < 4.78 is 38.1. The molecule has 0 radical (unpaired) electrons. The van der Waals surface area contributed by atoms with Crippen LogP contribution in [0.1, 0.15) is 0 Å². The molecule has 0 saturated carbocycles. The Bertz CT molecular complexity index is 795. The first kappa shape index (κ1) is 17.2. The third-order valence-corrected chi connectivity index (χ3v) is 6.69. The highest BCUT2D eigenvalue weighted by atomic mass is 32.2. The number of aliphatic imine (C=N–C) groups is 1. The number of amidine groups is 1. The fourth-order valence-electron chi connectivity index (χ4n) is 2.82. The average molecular weight is 371 g/mol. The van der Waals surface area contributed by atoms with Crippen molar-refractivity contribution in [3.05, 3.63) is 30.1 Å². The van der Waals surface area contributed by atoms with Crippen LogP contribution >= 0.6 is 11.8 Å². The van der Waals surface area contributed by atoms with Gasteiger partial charge in [-0.3, -0.25) is 9.79 Å². The van der Waals surface area contributed by atoms with Gasteiger partial charge in [0.2, 0.25) is 5.91 Å². The maximum atomic E-state index is 14.3. The lowest BCUT2D eigenvalue weighted by atomic mass is 10.1. The van der Waals surface area contributed by atoms with Gasteiger partial charge in [0.15, 0.2) is 15.0 Å². The highest BCUT2D eigenvalue weighted by Crippen LogP contribution is 2.36. The number of sulfone groups is 1. The smallest absolute Gasteiger partial charge is 0.232 e. The van der Waals surface area contributed by atoms with Crippen molar-refractivity contribution in [3.8, 4) is 0 Å². The average Bonchev–Trinajstić information content (AvgIpc) is 2.96. The van der Waals surface area contributed by atoms with Gasteiger partial charge in [0.1, 0.15) is 5.82 Å². The number of nitrogens with zero attached hydrogens (tertiary/aromatic N) is 3. The molecule has 2 aliphatic rings. The van der Waals surface area contributed by atoms with Gasteiger partial charge >= 0.3 is 0 Å². The van der Waals surface area contributed by atoms with Crippen LogP contribution in [0.4, 0.5) is 10.1 Å². The van der Waals surface area contributed by atoms with E-state index in [0.29, 0.717) is 10.9 Å². The molecule has 3 rings (SSSR count). The van der Waals surface area contributed by atoms with E-state index in [9.17, 15) is 17.6 Å². The first-order chi connectivity index (χ1) is 11.3. The number of amides is 1. The summed E-state index contributed by atoms with van der Waals surface area (Å²) >= 11 is 1.21. The summed E-state index contributed by atoms with van der Waals surface area (Å²) in [5, 5.41) is 0.500. The zero-order chi connectivity index (χ0) is 17.5. The lowest BCUT2D eigenvalue weighted by Crippen LogP contribution is -2.40. The van der Waals surface area contributed by atoms with Crippen LogP contribution in [-0.2, 0) is 14.6 Å². The van der Waals surface area contributed by atoms with Gasteiger partial charge in [-0.15, -0.1) is 0 Å². The standard InChI is InChI=1S/C15H18FN3O3S2/c1-18(2)14(20)7-23-15-17-11-8-24(21,22)9-13(11)19(15)12-6-4-3-5-10(12)16/h3-6,11,13H,7-9H2,1-2H3/t11-,13+/m0/s1. The molecule has 1 aromatic rings. The minimum atomic E-state index is -3.18. The number of hydrogen-bond donors (Lipinski definition) is 0. The van der Waals surface area contributed by atoms with Crippen LogP contribution in [0.2, 0.25) is 0 Å². The fraction of sp³-hybridized carbons (Fsp3) is 0.467. The quantitative estimate of drug-likeness (QED) is 0.793. The van der Waals surface area contributed by atoms with Crippen LogP contribution < -0.4 is 4.90 Å². The maximum absolute atomic E-state index is 14.3. The van der Waals surface area contributed by atoms with Crippen LogP contribution in [0, 0.1) is 5.82 Å². The Hall–Kier alpha value is -1.61. The number of thioether (sulfide) groups is 1. The zero-order valence-corrected chi connectivity index (χ0v) is 15.0. The normalized spacial score (nSPS) is 24.6. The molecule has 24 heavy (non-hydrogen) atoms. The van der Waals surface area contributed by atoms with Crippen molar-refractivity contribution in [2.24, 2.45) is 4.99 Å². The molecule has 6 nitrogen and oxygen atoms in total. The number of carbonyl (C=O) groups excluding carboxylic acids is 1. The van der Waals surface area contributed by atoms with Crippen molar-refractivity contribution in [2.75, 3.05) is 36.3 Å². The van der Waals surface area contributed by atoms with Gasteiger partial charge in [-0.2, -0.15) is 0 Å². The minimum Gasteiger partial charge on any atom is -0.348 e. The molecule has 0 N–H and O–H groups in total. The summed E-state index contributed by atoms with van der Waals surface area (Å²) in [6.45, 7) is 0. The van der Waals surface area contributed by atoms with E-state index in [1.807, 2.05) is 0 Å². The lowest BCUT2D eigenvalue weighted by Gasteiger charge is -2.26. The Labute approximate surface area is 144 Å². The summed E-state index contributed by atoms with van der Waals surface area (Å²) in [6.07, 6.45) is 0. The number of fused-ring (bicyclic) bond motifs is 1. The van der Waals surface area contributed by atoms with Crippen LogP contribution in [0.3, 0.4) is 0 Å². The zero-order valence-electron chi connectivity index (χ0n) is 13.3. The van der Waals surface area contributed by atoms with Crippen molar-refractivity contribution in [1.29, 1.82) is 0 Å². The second-order valence-corrected chi connectivity index (χ2v) is 9.12. The summed E-state index contributed by atoms with van der Waals surface area (Å²) in [5.41, 5.74) is 0.297. The van der Waals surface area contributed by atoms with Gasteiger partial charge in [0.05, 0.1) is 35.0 Å².